The van der Waals surface area contributed by atoms with Crippen LogP contribution < -0.4 is 4.74 Å². The molecule has 0 fully saturated rings. The van der Waals surface area contributed by atoms with E-state index in [0.29, 0.717) is 4.90 Å². The van der Waals surface area contributed by atoms with Crippen LogP contribution in [0.15, 0.2) is 71.6 Å². The number of sulfone groups is 1. The number of aryl methyl sites for hydroxylation is 2. The molecule has 0 saturated heterocycles. The van der Waals surface area contributed by atoms with E-state index in [1.165, 1.54) is 17.4 Å². The van der Waals surface area contributed by atoms with Crippen molar-refractivity contribution in [2.24, 2.45) is 0 Å². The van der Waals surface area contributed by atoms with E-state index in [2.05, 4.69) is 38.1 Å². The molecule has 1 aliphatic heterocycles. The Morgan fingerprint density at radius 1 is 0.893 bits per heavy atom. The lowest BCUT2D eigenvalue weighted by molar-refractivity contribution is 0.502. The summed E-state index contributed by atoms with van der Waals surface area (Å²) in [5.41, 5.74) is 6.71. The summed E-state index contributed by atoms with van der Waals surface area (Å²) in [6, 6.07) is 21.4. The molecule has 0 N–H and O–H groups in total. The van der Waals surface area contributed by atoms with Gasteiger partial charge in [0, 0.05) is 23.8 Å². The fourth-order valence-electron chi connectivity index (χ4n) is 3.65. The summed E-state index contributed by atoms with van der Waals surface area (Å²) in [4.78, 5) is 0.307. The molecular weight excluding hydrogens is 368 g/mol. The van der Waals surface area contributed by atoms with Gasteiger partial charge < -0.3 is 4.74 Å². The highest BCUT2D eigenvalue weighted by molar-refractivity contribution is 7.90. The summed E-state index contributed by atoms with van der Waals surface area (Å²) in [6.45, 7) is 4.20. The molecule has 0 radical (unpaired) electrons. The second-order valence-corrected chi connectivity index (χ2v) is 9.32. The molecule has 1 heterocycles. The van der Waals surface area contributed by atoms with Gasteiger partial charge in [-0.2, -0.15) is 0 Å². The van der Waals surface area contributed by atoms with Crippen LogP contribution >= 0.6 is 0 Å². The SMILES string of the molecule is Cc1ccc(C2=C(c3ccc(S(C)(=O)=O)cc3)Oc3ccccc3C2)c(C)c1. The van der Waals surface area contributed by atoms with Crippen LogP contribution in [0.25, 0.3) is 11.3 Å². The topological polar surface area (TPSA) is 43.4 Å². The molecule has 142 valence electrons. The lowest BCUT2D eigenvalue weighted by Crippen LogP contribution is -2.10. The Kier molecular flexibility index (Phi) is 4.60. The fourth-order valence-corrected chi connectivity index (χ4v) is 4.28. The molecule has 0 spiro atoms. The maximum absolute atomic E-state index is 11.8. The van der Waals surface area contributed by atoms with Gasteiger partial charge in [0.2, 0.25) is 0 Å². The first-order valence-corrected chi connectivity index (χ1v) is 11.1. The number of rotatable bonds is 3. The minimum absolute atomic E-state index is 0.307. The Hall–Kier alpha value is -2.85. The van der Waals surface area contributed by atoms with Crippen molar-refractivity contribution in [3.8, 4) is 5.75 Å². The first kappa shape index (κ1) is 18.5. The summed E-state index contributed by atoms with van der Waals surface area (Å²) in [5, 5.41) is 0. The van der Waals surface area contributed by atoms with Gasteiger partial charge >= 0.3 is 0 Å². The van der Waals surface area contributed by atoms with E-state index in [-0.39, 0.29) is 0 Å². The predicted octanol–water partition coefficient (Wildman–Crippen LogP) is 5.21. The molecule has 0 unspecified atom stereocenters. The Morgan fingerprint density at radius 3 is 2.29 bits per heavy atom. The van der Waals surface area contributed by atoms with Gasteiger partial charge in [-0.25, -0.2) is 8.42 Å². The number of hydrogen-bond acceptors (Lipinski definition) is 3. The van der Waals surface area contributed by atoms with E-state index in [4.69, 9.17) is 4.74 Å². The molecule has 0 atom stereocenters. The van der Waals surface area contributed by atoms with E-state index in [1.807, 2.05) is 30.3 Å². The van der Waals surface area contributed by atoms with Crippen LogP contribution in [-0.4, -0.2) is 14.7 Å². The molecule has 0 amide bonds. The third-order valence-electron chi connectivity index (χ3n) is 5.08. The van der Waals surface area contributed by atoms with Crippen LogP contribution in [0.1, 0.15) is 27.8 Å². The van der Waals surface area contributed by atoms with Gasteiger partial charge in [0.05, 0.1) is 4.90 Å². The Morgan fingerprint density at radius 2 is 1.61 bits per heavy atom. The normalized spacial score (nSPS) is 13.8. The minimum atomic E-state index is -3.23. The van der Waals surface area contributed by atoms with Crippen molar-refractivity contribution in [1.29, 1.82) is 0 Å². The van der Waals surface area contributed by atoms with E-state index >= 15 is 0 Å². The van der Waals surface area contributed by atoms with Crippen molar-refractivity contribution in [2.45, 2.75) is 25.2 Å². The second-order valence-electron chi connectivity index (χ2n) is 7.31. The number of benzene rings is 3. The summed E-state index contributed by atoms with van der Waals surface area (Å²) >= 11 is 0. The summed E-state index contributed by atoms with van der Waals surface area (Å²) in [6.07, 6.45) is 1.99. The molecule has 3 nitrogen and oxygen atoms in total. The highest BCUT2D eigenvalue weighted by Crippen LogP contribution is 2.40. The third-order valence-corrected chi connectivity index (χ3v) is 6.21. The highest BCUT2D eigenvalue weighted by Gasteiger charge is 2.23. The van der Waals surface area contributed by atoms with Crippen molar-refractivity contribution < 1.29 is 13.2 Å². The lowest BCUT2D eigenvalue weighted by Gasteiger charge is -2.25. The number of fused-ring (bicyclic) bond motifs is 1. The number of hydrogen-bond donors (Lipinski definition) is 0. The molecule has 0 bridgehead atoms. The zero-order chi connectivity index (χ0) is 19.9. The highest BCUT2D eigenvalue weighted by atomic mass is 32.2. The van der Waals surface area contributed by atoms with Crippen molar-refractivity contribution in [3.05, 3.63) is 94.5 Å². The maximum atomic E-state index is 11.8. The van der Waals surface area contributed by atoms with E-state index < -0.39 is 9.84 Å². The van der Waals surface area contributed by atoms with Gasteiger partial charge in [-0.1, -0.05) is 42.0 Å². The number of ether oxygens (including phenoxy) is 1. The quantitative estimate of drug-likeness (QED) is 0.616. The number of allylic oxidation sites excluding steroid dienone is 1. The zero-order valence-electron chi connectivity index (χ0n) is 16.2. The smallest absolute Gasteiger partial charge is 0.175 e. The van der Waals surface area contributed by atoms with Crippen LogP contribution in [0.2, 0.25) is 0 Å². The first-order valence-electron chi connectivity index (χ1n) is 9.20. The van der Waals surface area contributed by atoms with Crippen LogP contribution in [0, 0.1) is 13.8 Å². The van der Waals surface area contributed by atoms with Gasteiger partial charge in [0.15, 0.2) is 9.84 Å². The molecule has 3 aromatic rings. The summed E-state index contributed by atoms with van der Waals surface area (Å²) in [7, 11) is -3.23. The van der Waals surface area contributed by atoms with Crippen molar-refractivity contribution in [3.63, 3.8) is 0 Å². The van der Waals surface area contributed by atoms with Crippen molar-refractivity contribution in [1.82, 2.24) is 0 Å². The van der Waals surface area contributed by atoms with Gasteiger partial charge in [-0.3, -0.25) is 0 Å². The molecule has 4 rings (SSSR count). The van der Waals surface area contributed by atoms with E-state index in [1.54, 1.807) is 12.1 Å². The molecule has 1 aliphatic rings. The number of para-hydroxylation sites is 1. The monoisotopic (exact) mass is 390 g/mol. The van der Waals surface area contributed by atoms with Crippen LogP contribution in [-0.2, 0) is 16.3 Å². The Bertz CT molecular complexity index is 1190. The maximum Gasteiger partial charge on any atom is 0.175 e. The van der Waals surface area contributed by atoms with Gasteiger partial charge in [-0.15, -0.1) is 0 Å². The molecule has 0 saturated carbocycles. The molecule has 28 heavy (non-hydrogen) atoms. The molecule has 4 heteroatoms. The predicted molar refractivity (Wildman–Crippen MR) is 113 cm³/mol. The largest absolute Gasteiger partial charge is 0.456 e. The van der Waals surface area contributed by atoms with E-state index in [9.17, 15) is 8.42 Å². The van der Waals surface area contributed by atoms with Crippen LogP contribution in [0.5, 0.6) is 5.75 Å². The van der Waals surface area contributed by atoms with Crippen LogP contribution in [0.4, 0.5) is 0 Å². The standard InChI is InChI=1S/C24H22O3S/c1-16-8-13-21(17(2)14-16)22-15-19-6-4-5-7-23(19)27-24(22)18-9-11-20(12-10-18)28(3,25)26/h4-14H,15H2,1-3H3. The molecule has 3 aromatic carbocycles. The summed E-state index contributed by atoms with van der Waals surface area (Å²) in [5.74, 6) is 1.63. The average molecular weight is 391 g/mol. The zero-order valence-corrected chi connectivity index (χ0v) is 17.0. The molecule has 0 aliphatic carbocycles. The Labute approximate surface area is 166 Å². The fraction of sp³-hybridized carbons (Fsp3) is 0.167. The first-order chi connectivity index (χ1) is 13.3. The van der Waals surface area contributed by atoms with Gasteiger partial charge in [-0.05, 0) is 60.9 Å². The molecule has 0 aromatic heterocycles. The Balaban J connectivity index is 1.89. The van der Waals surface area contributed by atoms with Crippen LogP contribution in [0.3, 0.4) is 0 Å². The van der Waals surface area contributed by atoms with E-state index in [0.717, 1.165) is 40.2 Å². The lowest BCUT2D eigenvalue weighted by atomic mass is 9.89. The van der Waals surface area contributed by atoms with Gasteiger partial charge in [0.1, 0.15) is 11.5 Å². The second kappa shape index (κ2) is 6.95. The van der Waals surface area contributed by atoms with Crippen molar-refractivity contribution >= 4 is 21.2 Å². The summed E-state index contributed by atoms with van der Waals surface area (Å²) < 4.78 is 29.9. The average Bonchev–Trinajstić information content (AvgIpc) is 2.66. The minimum Gasteiger partial charge on any atom is -0.456 e. The molecular formula is C24H22O3S. The third kappa shape index (κ3) is 3.48. The van der Waals surface area contributed by atoms with Crippen molar-refractivity contribution in [2.75, 3.05) is 6.26 Å². The van der Waals surface area contributed by atoms with Gasteiger partial charge in [0.25, 0.3) is 0 Å².